The summed E-state index contributed by atoms with van der Waals surface area (Å²) in [6.07, 6.45) is -29.4. The van der Waals surface area contributed by atoms with Gasteiger partial charge in [-0.1, -0.05) is 13.8 Å². The summed E-state index contributed by atoms with van der Waals surface area (Å²) in [5.41, 5.74) is 0. The van der Waals surface area contributed by atoms with Crippen molar-refractivity contribution in [2.75, 3.05) is 26.9 Å². The molecule has 20 atom stereocenters. The zero-order valence-corrected chi connectivity index (χ0v) is 27.6. The summed E-state index contributed by atoms with van der Waals surface area (Å²) in [6, 6.07) is 0. The highest BCUT2D eigenvalue weighted by Crippen LogP contribution is 2.37. The lowest BCUT2D eigenvalue weighted by molar-refractivity contribution is -0.377. The number of aliphatic carboxylic acids is 2. The van der Waals surface area contributed by atoms with Crippen molar-refractivity contribution >= 4 is 11.9 Å². The lowest BCUT2D eigenvalue weighted by atomic mass is 9.91. The Morgan fingerprint density at radius 3 is 1.38 bits per heavy atom. The summed E-state index contributed by atoms with van der Waals surface area (Å²) in [4.78, 5) is 24.2. The van der Waals surface area contributed by atoms with Crippen LogP contribution in [0, 0.1) is 11.8 Å². The van der Waals surface area contributed by atoms with Crippen LogP contribution >= 0.6 is 0 Å². The van der Waals surface area contributed by atoms with E-state index in [-0.39, 0.29) is 6.61 Å². The Morgan fingerprint density at radius 2 is 0.960 bits per heavy atom. The number of aliphatic hydroxyl groups excluding tert-OH is 8. The number of carboxylic acid groups (broad SMARTS) is 2. The summed E-state index contributed by atoms with van der Waals surface area (Å²) in [5, 5.41) is 105. The number of aliphatic hydroxyl groups is 8. The lowest BCUT2D eigenvalue weighted by Crippen LogP contribution is -2.66. The van der Waals surface area contributed by atoms with Crippen LogP contribution in [-0.2, 0) is 52.2 Å². The quantitative estimate of drug-likeness (QED) is 0.0845. The zero-order valence-electron chi connectivity index (χ0n) is 27.6. The monoisotopic (exact) mass is 732 g/mol. The normalized spacial score (nSPS) is 48.6. The number of hydrogen-bond acceptors (Lipinski definition) is 19. The molecule has 0 amide bonds. The molecule has 8 unspecified atom stereocenters. The fourth-order valence-corrected chi connectivity index (χ4v) is 6.43. The lowest BCUT2D eigenvalue weighted by Gasteiger charge is -2.49. The summed E-state index contributed by atoms with van der Waals surface area (Å²) >= 11 is 0. The van der Waals surface area contributed by atoms with E-state index in [9.17, 15) is 60.7 Å². The fraction of sp³-hybridized carbons (Fsp3) is 0.931. The van der Waals surface area contributed by atoms with Crippen LogP contribution in [0.2, 0.25) is 0 Å². The first-order valence-corrected chi connectivity index (χ1v) is 16.1. The van der Waals surface area contributed by atoms with Crippen molar-refractivity contribution < 1.29 is 103 Å². The average Bonchev–Trinajstić information content (AvgIpc) is 3.08. The van der Waals surface area contributed by atoms with Gasteiger partial charge in [-0.25, -0.2) is 9.59 Å². The standard InChI is InChI=1S/C29H48O21/c1-5-43-28-16(36)14(34)20(22(49-28)24(38)39)47-27-9(3)13(33)19(11(7-31)45-27)46-29-17(37)15(35)21(23(50-29)25(40)41)48-26-8(2)12(32)18(42-4)10(6-30)44-26/h8-23,26-37H,5-7H2,1-4H3,(H,38,39)(H,40,41)/t8?,9?,10?,11?,12-,13-,14?,15?,16+,17+,18-,19-,20+,21+,22?,23?,26-,27-,28-,29-/m1/s1. The van der Waals surface area contributed by atoms with E-state index < -0.39 is 148 Å². The molecule has 290 valence electrons. The number of carbonyl (C=O) groups is 2. The second kappa shape index (κ2) is 17.4. The molecule has 4 aliphatic heterocycles. The Balaban J connectivity index is 1.47. The van der Waals surface area contributed by atoms with Gasteiger partial charge in [-0.15, -0.1) is 0 Å². The van der Waals surface area contributed by atoms with Crippen LogP contribution in [0.25, 0.3) is 0 Å². The highest BCUT2D eigenvalue weighted by Gasteiger charge is 2.56. The van der Waals surface area contributed by atoms with E-state index in [0.29, 0.717) is 0 Å². The van der Waals surface area contributed by atoms with Gasteiger partial charge in [-0.05, 0) is 6.92 Å². The third-order valence-electron chi connectivity index (χ3n) is 9.37. The molecule has 0 aromatic rings. The Bertz CT molecular complexity index is 1110. The van der Waals surface area contributed by atoms with Crippen LogP contribution in [0.1, 0.15) is 20.8 Å². The van der Waals surface area contributed by atoms with Crippen LogP contribution in [0.5, 0.6) is 0 Å². The van der Waals surface area contributed by atoms with Gasteiger partial charge < -0.3 is 93.7 Å². The molecule has 21 nitrogen and oxygen atoms in total. The molecule has 4 heterocycles. The molecule has 4 fully saturated rings. The molecule has 0 bridgehead atoms. The molecule has 0 radical (unpaired) electrons. The minimum atomic E-state index is -2.03. The number of ether oxygens (including phenoxy) is 9. The van der Waals surface area contributed by atoms with Gasteiger partial charge in [0.15, 0.2) is 37.4 Å². The predicted octanol–water partition coefficient (Wildman–Crippen LogP) is -5.32. The SMILES string of the molecule is CCO[C@@H]1OC(C(=O)O)[C@@H](O[C@H]2OC(CO)[C@@H](O[C@@H]3OC(C(=O)O)[C@@H](O[C@H]4OC(CO)[C@@H](OC)[C@H](O)C4C)C(O)[C@@H]3O)[C@H](O)C2C)C(O)[C@@H]1O. The number of methoxy groups -OCH3 is 1. The molecule has 50 heavy (non-hydrogen) atoms. The molecule has 0 aromatic carbocycles. The van der Waals surface area contributed by atoms with Gasteiger partial charge in [0, 0.05) is 25.6 Å². The topological polar surface area (TPSA) is 320 Å². The predicted molar refractivity (Wildman–Crippen MR) is 155 cm³/mol. The Labute approximate surface area is 285 Å². The Morgan fingerprint density at radius 1 is 0.560 bits per heavy atom. The highest BCUT2D eigenvalue weighted by molar-refractivity contribution is 5.74. The molecule has 10 N–H and O–H groups in total. The van der Waals surface area contributed by atoms with E-state index >= 15 is 0 Å². The van der Waals surface area contributed by atoms with Crippen LogP contribution in [-0.4, -0.2) is 201 Å². The van der Waals surface area contributed by atoms with Crippen molar-refractivity contribution in [3.05, 3.63) is 0 Å². The number of carboxylic acids is 2. The molecule has 4 saturated heterocycles. The van der Waals surface area contributed by atoms with E-state index in [2.05, 4.69) is 0 Å². The van der Waals surface area contributed by atoms with E-state index in [1.807, 2.05) is 0 Å². The second-order valence-corrected chi connectivity index (χ2v) is 12.6. The molecule has 21 heteroatoms. The Hall–Kier alpha value is -1.74. The van der Waals surface area contributed by atoms with Crippen molar-refractivity contribution in [2.24, 2.45) is 11.8 Å². The van der Waals surface area contributed by atoms with E-state index in [1.165, 1.54) is 21.0 Å². The van der Waals surface area contributed by atoms with Gasteiger partial charge in [0.05, 0.1) is 25.4 Å². The maximum Gasteiger partial charge on any atom is 0.335 e. The smallest absolute Gasteiger partial charge is 0.335 e. The van der Waals surface area contributed by atoms with Gasteiger partial charge in [-0.3, -0.25) is 0 Å². The van der Waals surface area contributed by atoms with Crippen molar-refractivity contribution in [1.82, 2.24) is 0 Å². The first-order chi connectivity index (χ1) is 23.6. The third-order valence-corrected chi connectivity index (χ3v) is 9.37. The summed E-state index contributed by atoms with van der Waals surface area (Å²) in [6.45, 7) is 2.97. The minimum absolute atomic E-state index is 0.0246. The van der Waals surface area contributed by atoms with Crippen LogP contribution < -0.4 is 0 Å². The maximum absolute atomic E-state index is 12.3. The van der Waals surface area contributed by atoms with Gasteiger partial charge in [0.2, 0.25) is 0 Å². The summed E-state index contributed by atoms with van der Waals surface area (Å²) < 4.78 is 49.6. The summed E-state index contributed by atoms with van der Waals surface area (Å²) in [7, 11) is 1.29. The van der Waals surface area contributed by atoms with Crippen molar-refractivity contribution in [1.29, 1.82) is 0 Å². The third kappa shape index (κ3) is 8.24. The molecule has 4 rings (SSSR count). The second-order valence-electron chi connectivity index (χ2n) is 12.6. The van der Waals surface area contributed by atoms with Crippen LogP contribution in [0.3, 0.4) is 0 Å². The first kappa shape index (κ1) is 41.0. The molecule has 0 aliphatic carbocycles. The molecular formula is C29H48O21. The minimum Gasteiger partial charge on any atom is -0.479 e. The Kier molecular flexibility index (Phi) is 14.3. The van der Waals surface area contributed by atoms with E-state index in [4.69, 9.17) is 42.6 Å². The van der Waals surface area contributed by atoms with E-state index in [1.54, 1.807) is 6.92 Å². The van der Waals surface area contributed by atoms with Crippen molar-refractivity contribution in [3.8, 4) is 0 Å². The summed E-state index contributed by atoms with van der Waals surface area (Å²) in [5.74, 6) is -5.23. The van der Waals surface area contributed by atoms with Crippen LogP contribution in [0.15, 0.2) is 0 Å². The van der Waals surface area contributed by atoms with Gasteiger partial charge in [0.25, 0.3) is 0 Å². The molecule has 0 saturated carbocycles. The largest absolute Gasteiger partial charge is 0.479 e. The maximum atomic E-state index is 12.3. The first-order valence-electron chi connectivity index (χ1n) is 16.1. The molecule has 0 aromatic heterocycles. The van der Waals surface area contributed by atoms with Crippen LogP contribution in [0.4, 0.5) is 0 Å². The number of rotatable bonds is 13. The fourth-order valence-electron chi connectivity index (χ4n) is 6.43. The molecule has 0 spiro atoms. The van der Waals surface area contributed by atoms with Crippen molar-refractivity contribution in [2.45, 2.75) is 131 Å². The van der Waals surface area contributed by atoms with Gasteiger partial charge in [-0.2, -0.15) is 0 Å². The molecular weight excluding hydrogens is 684 g/mol. The van der Waals surface area contributed by atoms with Gasteiger partial charge >= 0.3 is 11.9 Å². The van der Waals surface area contributed by atoms with Gasteiger partial charge in [0.1, 0.15) is 61.0 Å². The average molecular weight is 733 g/mol. The van der Waals surface area contributed by atoms with Crippen molar-refractivity contribution in [3.63, 3.8) is 0 Å². The highest BCUT2D eigenvalue weighted by atomic mass is 16.8. The van der Waals surface area contributed by atoms with E-state index in [0.717, 1.165) is 0 Å². The molecule has 4 aliphatic rings. The number of hydrogen-bond donors (Lipinski definition) is 10. The zero-order chi connectivity index (χ0) is 37.2.